The van der Waals surface area contributed by atoms with Crippen molar-refractivity contribution in [1.82, 2.24) is 0 Å². The predicted octanol–water partition coefficient (Wildman–Crippen LogP) is 5.19. The van der Waals surface area contributed by atoms with E-state index in [9.17, 15) is 4.21 Å². The van der Waals surface area contributed by atoms with Crippen molar-refractivity contribution >= 4 is 33.5 Å². The average Bonchev–Trinajstić information content (AvgIpc) is 3.07. The summed E-state index contributed by atoms with van der Waals surface area (Å²) in [5.74, 6) is 0. The van der Waals surface area contributed by atoms with Crippen LogP contribution in [0.15, 0.2) is 53.4 Å². The summed E-state index contributed by atoms with van der Waals surface area (Å²) in [7, 11) is -0.910. The van der Waals surface area contributed by atoms with E-state index in [-0.39, 0.29) is 0 Å². The smallest absolute Gasteiger partial charge is 0.0498 e. The van der Waals surface area contributed by atoms with E-state index in [2.05, 4.69) is 31.2 Å². The lowest BCUT2D eigenvalue weighted by Crippen LogP contribution is -1.85. The average molecular weight is 318 g/mol. The van der Waals surface area contributed by atoms with Crippen molar-refractivity contribution < 1.29 is 4.21 Å². The Hall–Kier alpha value is -1.23. The molecule has 20 heavy (non-hydrogen) atoms. The molecule has 1 atom stereocenters. The van der Waals surface area contributed by atoms with E-state index < -0.39 is 10.8 Å². The van der Waals surface area contributed by atoms with Gasteiger partial charge in [-0.25, -0.2) is 0 Å². The van der Waals surface area contributed by atoms with E-state index in [1.165, 1.54) is 25.1 Å². The van der Waals surface area contributed by atoms with Crippen LogP contribution in [0, 0.1) is 6.92 Å². The summed E-state index contributed by atoms with van der Waals surface area (Å²) in [6.07, 6.45) is 1.71. The van der Waals surface area contributed by atoms with Crippen LogP contribution >= 0.6 is 22.7 Å². The van der Waals surface area contributed by atoms with Crippen LogP contribution in [0.3, 0.4) is 0 Å². The molecule has 1 aromatic carbocycles. The van der Waals surface area contributed by atoms with Crippen LogP contribution < -0.4 is 0 Å². The molecule has 2 heterocycles. The van der Waals surface area contributed by atoms with Gasteiger partial charge >= 0.3 is 0 Å². The number of aryl methyl sites for hydroxylation is 1. The summed E-state index contributed by atoms with van der Waals surface area (Å²) in [4.78, 5) is 6.09. The highest BCUT2D eigenvalue weighted by molar-refractivity contribution is 7.84. The van der Waals surface area contributed by atoms with Crippen molar-refractivity contribution in [2.45, 2.75) is 11.8 Å². The summed E-state index contributed by atoms with van der Waals surface area (Å²) < 4.78 is 11.4. The van der Waals surface area contributed by atoms with Gasteiger partial charge in [-0.3, -0.25) is 4.21 Å². The zero-order chi connectivity index (χ0) is 14.1. The minimum atomic E-state index is -0.910. The van der Waals surface area contributed by atoms with Crippen LogP contribution in [0.25, 0.3) is 20.2 Å². The Morgan fingerprint density at radius 1 is 0.800 bits per heavy atom. The van der Waals surface area contributed by atoms with Gasteiger partial charge in [0.15, 0.2) is 0 Å². The lowest BCUT2D eigenvalue weighted by atomic mass is 10.2. The second-order valence-corrected chi connectivity index (χ2v) is 8.30. The Bertz CT molecular complexity index is 750. The maximum atomic E-state index is 11.4. The number of thiophene rings is 2. The standard InChI is InChI=1S/C16H14OS3/c1-11-3-8-15(18-11)16-10-9-14(19-16)12-4-6-13(7-5-12)20(2)17/h3-10H,1-2H3. The van der Waals surface area contributed by atoms with E-state index in [0.717, 1.165) is 4.90 Å². The summed E-state index contributed by atoms with van der Waals surface area (Å²) in [5, 5.41) is 0. The van der Waals surface area contributed by atoms with Gasteiger partial charge in [0.25, 0.3) is 0 Å². The van der Waals surface area contributed by atoms with E-state index >= 15 is 0 Å². The van der Waals surface area contributed by atoms with E-state index in [1.54, 1.807) is 17.6 Å². The summed E-state index contributed by atoms with van der Waals surface area (Å²) in [5.41, 5.74) is 1.18. The number of hydrogen-bond acceptors (Lipinski definition) is 3. The largest absolute Gasteiger partial charge is 0.255 e. The Labute approximate surface area is 129 Å². The van der Waals surface area contributed by atoms with Crippen LogP contribution in [0.5, 0.6) is 0 Å². The molecule has 3 aromatic rings. The second-order valence-electron chi connectivity index (χ2n) is 4.55. The molecule has 3 rings (SSSR count). The Morgan fingerprint density at radius 3 is 2.00 bits per heavy atom. The number of rotatable bonds is 3. The van der Waals surface area contributed by atoms with Gasteiger partial charge in [-0.05, 0) is 48.9 Å². The first kappa shape index (κ1) is 13.7. The van der Waals surface area contributed by atoms with Gasteiger partial charge in [0.2, 0.25) is 0 Å². The van der Waals surface area contributed by atoms with Crippen molar-refractivity contribution in [3.63, 3.8) is 0 Å². The van der Waals surface area contributed by atoms with Crippen molar-refractivity contribution in [3.05, 3.63) is 53.4 Å². The third-order valence-corrected chi connectivity index (χ3v) is 6.33. The Kier molecular flexibility index (Phi) is 3.87. The molecular weight excluding hydrogens is 304 g/mol. The Morgan fingerprint density at radius 2 is 1.40 bits per heavy atom. The zero-order valence-corrected chi connectivity index (χ0v) is 13.7. The third kappa shape index (κ3) is 2.77. The van der Waals surface area contributed by atoms with Crippen LogP contribution in [0.1, 0.15) is 4.88 Å². The quantitative estimate of drug-likeness (QED) is 0.649. The molecule has 0 spiro atoms. The molecule has 0 aliphatic heterocycles. The lowest BCUT2D eigenvalue weighted by Gasteiger charge is -1.99. The van der Waals surface area contributed by atoms with Crippen molar-refractivity contribution in [2.24, 2.45) is 0 Å². The first-order valence-electron chi connectivity index (χ1n) is 6.24. The second kappa shape index (κ2) is 5.64. The normalized spacial score (nSPS) is 12.5. The fourth-order valence-corrected chi connectivity index (χ4v) is 4.49. The van der Waals surface area contributed by atoms with Gasteiger partial charge in [0.05, 0.1) is 0 Å². The molecule has 102 valence electrons. The molecule has 0 aliphatic rings. The highest BCUT2D eigenvalue weighted by atomic mass is 32.2. The topological polar surface area (TPSA) is 17.1 Å². The summed E-state index contributed by atoms with van der Waals surface area (Å²) >= 11 is 3.63. The van der Waals surface area contributed by atoms with E-state index in [1.807, 2.05) is 35.6 Å². The van der Waals surface area contributed by atoms with Crippen molar-refractivity contribution in [1.29, 1.82) is 0 Å². The highest BCUT2D eigenvalue weighted by Gasteiger charge is 2.07. The molecule has 0 N–H and O–H groups in total. The number of benzene rings is 1. The Balaban J connectivity index is 1.91. The van der Waals surface area contributed by atoms with Gasteiger partial charge < -0.3 is 0 Å². The molecular formula is C16H14OS3. The fraction of sp³-hybridized carbons (Fsp3) is 0.125. The fourth-order valence-electron chi connectivity index (χ4n) is 2.00. The van der Waals surface area contributed by atoms with Gasteiger partial charge in [-0.1, -0.05) is 12.1 Å². The molecule has 0 bridgehead atoms. The first-order chi connectivity index (χ1) is 9.63. The molecule has 2 aromatic heterocycles. The van der Waals surface area contributed by atoms with Gasteiger partial charge in [0, 0.05) is 41.5 Å². The first-order valence-corrected chi connectivity index (χ1v) is 9.43. The molecule has 4 heteroatoms. The monoisotopic (exact) mass is 318 g/mol. The molecule has 0 saturated carbocycles. The summed E-state index contributed by atoms with van der Waals surface area (Å²) in [6.45, 7) is 2.13. The van der Waals surface area contributed by atoms with E-state index in [0.29, 0.717) is 0 Å². The van der Waals surface area contributed by atoms with Crippen LogP contribution in [0.4, 0.5) is 0 Å². The van der Waals surface area contributed by atoms with Crippen LogP contribution in [0.2, 0.25) is 0 Å². The minimum Gasteiger partial charge on any atom is -0.255 e. The maximum Gasteiger partial charge on any atom is 0.0498 e. The molecule has 0 saturated heterocycles. The van der Waals surface area contributed by atoms with Crippen molar-refractivity contribution in [2.75, 3.05) is 6.26 Å². The van der Waals surface area contributed by atoms with Crippen molar-refractivity contribution in [3.8, 4) is 20.2 Å². The maximum absolute atomic E-state index is 11.4. The molecule has 0 aliphatic carbocycles. The SMILES string of the molecule is Cc1ccc(-c2ccc(-c3ccc(S(C)=O)cc3)s2)s1. The van der Waals surface area contributed by atoms with E-state index in [4.69, 9.17) is 0 Å². The van der Waals surface area contributed by atoms with Gasteiger partial charge in [0.1, 0.15) is 0 Å². The lowest BCUT2D eigenvalue weighted by molar-refractivity contribution is 0.687. The van der Waals surface area contributed by atoms with Gasteiger partial charge in [-0.2, -0.15) is 0 Å². The molecule has 1 unspecified atom stereocenters. The molecule has 1 nitrogen and oxygen atoms in total. The minimum absolute atomic E-state index is 0.874. The summed E-state index contributed by atoms with van der Waals surface area (Å²) in [6, 6.07) is 16.7. The van der Waals surface area contributed by atoms with Crippen LogP contribution in [-0.4, -0.2) is 10.5 Å². The zero-order valence-electron chi connectivity index (χ0n) is 11.3. The van der Waals surface area contributed by atoms with Gasteiger partial charge in [-0.15, -0.1) is 22.7 Å². The van der Waals surface area contributed by atoms with Crippen LogP contribution in [-0.2, 0) is 10.8 Å². The number of hydrogen-bond donors (Lipinski definition) is 0. The third-order valence-electron chi connectivity index (χ3n) is 3.06. The molecule has 0 amide bonds. The predicted molar refractivity (Wildman–Crippen MR) is 90.1 cm³/mol. The highest BCUT2D eigenvalue weighted by Crippen LogP contribution is 2.37. The molecule has 0 radical (unpaired) electrons. The molecule has 0 fully saturated rings.